The Kier molecular flexibility index (Phi) is 7.68. The van der Waals surface area contributed by atoms with Crippen LogP contribution in [0.15, 0.2) is 186 Å². The highest BCUT2D eigenvalue weighted by atomic mass is 31.2. The molecule has 5 nitrogen and oxygen atoms in total. The summed E-state index contributed by atoms with van der Waals surface area (Å²) in [4.78, 5) is 15.1. The lowest BCUT2D eigenvalue weighted by Crippen LogP contribution is -2.25. The minimum atomic E-state index is -3.20. The maximum absolute atomic E-state index is 15.3. The smallest absolute Gasteiger partial charge is 0.171 e. The molecule has 0 amide bonds. The molecule has 0 N–H and O–H groups in total. The van der Waals surface area contributed by atoms with Crippen LogP contribution in [0.2, 0.25) is 0 Å². The number of hydrogen-bond acceptors (Lipinski definition) is 5. The molecule has 0 aliphatic carbocycles. The summed E-state index contributed by atoms with van der Waals surface area (Å²) in [6, 6.07) is 59.7. The molecule has 242 valence electrons. The van der Waals surface area contributed by atoms with E-state index in [-0.39, 0.29) is 0 Å². The van der Waals surface area contributed by atoms with E-state index < -0.39 is 7.14 Å². The van der Waals surface area contributed by atoms with Gasteiger partial charge in [0.1, 0.15) is 11.2 Å². The largest absolute Gasteiger partial charge is 0.456 e. The molecule has 0 saturated carbocycles. The molecule has 7 aromatic carbocycles. The molecule has 0 aliphatic rings. The van der Waals surface area contributed by atoms with Crippen molar-refractivity contribution in [1.29, 1.82) is 0 Å². The Bertz CT molecular complexity index is 2610. The Morgan fingerprint density at radius 1 is 0.392 bits per heavy atom. The monoisotopic (exact) mass is 675 g/mol. The van der Waals surface area contributed by atoms with Crippen molar-refractivity contribution < 1.29 is 8.98 Å². The van der Waals surface area contributed by atoms with Crippen molar-refractivity contribution in [1.82, 2.24) is 15.0 Å². The minimum absolute atomic E-state index is 0.538. The number of rotatable bonds is 7. The van der Waals surface area contributed by atoms with Gasteiger partial charge in [0.15, 0.2) is 24.6 Å². The van der Waals surface area contributed by atoms with Crippen LogP contribution in [0, 0.1) is 0 Å². The Balaban J connectivity index is 1.29. The molecular weight excluding hydrogens is 645 g/mol. The van der Waals surface area contributed by atoms with Crippen LogP contribution in [0.3, 0.4) is 0 Å². The second kappa shape index (κ2) is 12.8. The lowest BCUT2D eigenvalue weighted by atomic mass is 9.98. The maximum atomic E-state index is 15.3. The average Bonchev–Trinajstić information content (AvgIpc) is 3.60. The maximum Gasteiger partial charge on any atom is 0.171 e. The van der Waals surface area contributed by atoms with Gasteiger partial charge in [0.2, 0.25) is 0 Å². The van der Waals surface area contributed by atoms with Gasteiger partial charge in [0.25, 0.3) is 0 Å². The zero-order valence-electron chi connectivity index (χ0n) is 27.4. The Morgan fingerprint density at radius 3 is 1.49 bits per heavy atom. The fourth-order valence-electron chi connectivity index (χ4n) is 6.73. The van der Waals surface area contributed by atoms with Crippen LogP contribution in [0.5, 0.6) is 0 Å². The number of aromatic nitrogens is 3. The molecule has 0 aliphatic heterocycles. The van der Waals surface area contributed by atoms with Crippen molar-refractivity contribution in [2.75, 3.05) is 0 Å². The third-order valence-corrected chi connectivity index (χ3v) is 12.3. The zero-order valence-corrected chi connectivity index (χ0v) is 28.3. The van der Waals surface area contributed by atoms with Gasteiger partial charge in [-0.25, -0.2) is 15.0 Å². The van der Waals surface area contributed by atoms with Gasteiger partial charge in [-0.2, -0.15) is 0 Å². The molecule has 0 radical (unpaired) electrons. The molecule has 6 heteroatoms. The molecule has 2 aromatic heterocycles. The number of benzene rings is 7. The standard InChI is InChI=1S/C45H30N3O2P/c49-51(35-21-9-3-10-22-35,36-23-11-4-12-24-36)37-25-15-20-33(28-37)34-29-39(42-38-26-13-14-27-40(38)50-41(42)30-34)45-47-43(31-16-5-1-6-17-31)46-44(48-45)32-18-7-2-8-19-32/h1-30H. The van der Waals surface area contributed by atoms with Crippen LogP contribution in [-0.2, 0) is 4.57 Å². The topological polar surface area (TPSA) is 68.9 Å². The van der Waals surface area contributed by atoms with Gasteiger partial charge < -0.3 is 8.98 Å². The first-order chi connectivity index (χ1) is 25.1. The number of nitrogens with zero attached hydrogens (tertiary/aromatic N) is 3. The minimum Gasteiger partial charge on any atom is -0.456 e. The van der Waals surface area contributed by atoms with Crippen molar-refractivity contribution in [2.45, 2.75) is 0 Å². The Morgan fingerprint density at radius 2 is 0.882 bits per heavy atom. The van der Waals surface area contributed by atoms with Crippen LogP contribution in [-0.4, -0.2) is 15.0 Å². The predicted octanol–water partition coefficient (Wildman–Crippen LogP) is 10.1. The van der Waals surface area contributed by atoms with E-state index in [1.54, 1.807) is 0 Å². The van der Waals surface area contributed by atoms with Gasteiger partial charge in [-0.05, 0) is 35.4 Å². The van der Waals surface area contributed by atoms with Crippen molar-refractivity contribution in [3.8, 4) is 45.3 Å². The molecule has 0 spiro atoms. The first kappa shape index (κ1) is 30.6. The number of hydrogen-bond donors (Lipinski definition) is 0. The van der Waals surface area contributed by atoms with E-state index >= 15 is 4.57 Å². The summed E-state index contributed by atoms with van der Waals surface area (Å²) >= 11 is 0. The molecule has 51 heavy (non-hydrogen) atoms. The molecule has 0 atom stereocenters. The van der Waals surface area contributed by atoms with E-state index in [0.29, 0.717) is 23.1 Å². The number of furan rings is 1. The molecule has 9 rings (SSSR count). The lowest BCUT2D eigenvalue weighted by Gasteiger charge is -2.20. The fourth-order valence-corrected chi connectivity index (χ4v) is 9.43. The van der Waals surface area contributed by atoms with Gasteiger partial charge in [0.05, 0.1) is 0 Å². The van der Waals surface area contributed by atoms with E-state index in [1.165, 1.54) is 0 Å². The predicted molar refractivity (Wildman–Crippen MR) is 208 cm³/mol. The summed E-state index contributed by atoms with van der Waals surface area (Å²) in [5.74, 6) is 1.70. The summed E-state index contributed by atoms with van der Waals surface area (Å²) in [6.45, 7) is 0. The molecular formula is C45H30N3O2P. The molecule has 0 fully saturated rings. The van der Waals surface area contributed by atoms with Gasteiger partial charge in [-0.3, -0.25) is 0 Å². The first-order valence-corrected chi connectivity index (χ1v) is 18.5. The molecule has 2 heterocycles. The summed E-state index contributed by atoms with van der Waals surface area (Å²) < 4.78 is 21.8. The van der Waals surface area contributed by atoms with Gasteiger partial charge in [0, 0.05) is 43.4 Å². The fraction of sp³-hybridized carbons (Fsp3) is 0. The SMILES string of the molecule is O=P(c1ccccc1)(c1ccccc1)c1cccc(-c2cc(-c3nc(-c4ccccc4)nc(-c4ccccc4)n3)c3c(c2)oc2ccccc23)c1. The molecule has 0 unspecified atom stereocenters. The summed E-state index contributed by atoms with van der Waals surface area (Å²) in [5, 5.41) is 4.22. The van der Waals surface area contributed by atoms with E-state index in [1.807, 2.05) is 158 Å². The highest BCUT2D eigenvalue weighted by Gasteiger charge is 2.30. The number of fused-ring (bicyclic) bond motifs is 3. The zero-order chi connectivity index (χ0) is 34.2. The summed E-state index contributed by atoms with van der Waals surface area (Å²) in [7, 11) is -3.20. The van der Waals surface area contributed by atoms with Crippen LogP contribution in [0.25, 0.3) is 67.2 Å². The van der Waals surface area contributed by atoms with Crippen molar-refractivity contribution in [2.24, 2.45) is 0 Å². The average molecular weight is 676 g/mol. The van der Waals surface area contributed by atoms with Crippen LogP contribution < -0.4 is 15.9 Å². The Labute approximate surface area is 295 Å². The molecule has 9 aromatic rings. The van der Waals surface area contributed by atoms with Crippen molar-refractivity contribution >= 4 is 45.0 Å². The second-order valence-electron chi connectivity index (χ2n) is 12.4. The number of para-hydroxylation sites is 1. The Hall–Kier alpha value is -6.42. The lowest BCUT2D eigenvalue weighted by molar-refractivity contribution is 0.592. The van der Waals surface area contributed by atoms with E-state index in [2.05, 4.69) is 24.3 Å². The van der Waals surface area contributed by atoms with Crippen LogP contribution >= 0.6 is 7.14 Å². The highest BCUT2D eigenvalue weighted by molar-refractivity contribution is 7.85. The van der Waals surface area contributed by atoms with Crippen molar-refractivity contribution in [3.05, 3.63) is 182 Å². The van der Waals surface area contributed by atoms with Crippen molar-refractivity contribution in [3.63, 3.8) is 0 Å². The van der Waals surface area contributed by atoms with E-state index in [9.17, 15) is 0 Å². The summed E-state index contributed by atoms with van der Waals surface area (Å²) in [6.07, 6.45) is 0. The second-order valence-corrected chi connectivity index (χ2v) is 15.1. The third kappa shape index (κ3) is 5.54. The van der Waals surface area contributed by atoms with Gasteiger partial charge in [-0.1, -0.05) is 158 Å². The van der Waals surface area contributed by atoms with Crippen LogP contribution in [0.1, 0.15) is 0 Å². The van der Waals surface area contributed by atoms with E-state index in [0.717, 1.165) is 60.1 Å². The highest BCUT2D eigenvalue weighted by Crippen LogP contribution is 2.44. The molecule has 0 bridgehead atoms. The summed E-state index contributed by atoms with van der Waals surface area (Å²) in [5.41, 5.74) is 5.91. The van der Waals surface area contributed by atoms with E-state index in [4.69, 9.17) is 19.4 Å². The normalized spacial score (nSPS) is 11.6. The molecule has 0 saturated heterocycles. The quantitative estimate of drug-likeness (QED) is 0.157. The third-order valence-electron chi connectivity index (χ3n) is 9.20. The first-order valence-electron chi connectivity index (χ1n) is 16.8. The van der Waals surface area contributed by atoms with Gasteiger partial charge >= 0.3 is 0 Å². The van der Waals surface area contributed by atoms with Crippen LogP contribution in [0.4, 0.5) is 0 Å². The van der Waals surface area contributed by atoms with Gasteiger partial charge in [-0.15, -0.1) is 0 Å².